The minimum atomic E-state index is -3.53. The smallest absolute Gasteiger partial charge is 0.265 e. The van der Waals surface area contributed by atoms with Gasteiger partial charge in [0, 0.05) is 21.2 Å². The van der Waals surface area contributed by atoms with Crippen molar-refractivity contribution in [1.29, 1.82) is 0 Å². The molecule has 0 radical (unpaired) electrons. The maximum atomic E-state index is 13.2. The lowest BCUT2D eigenvalue weighted by Gasteiger charge is -2.16. The summed E-state index contributed by atoms with van der Waals surface area (Å²) in [6.07, 6.45) is 0. The van der Waals surface area contributed by atoms with E-state index in [0.29, 0.717) is 26.7 Å². The highest BCUT2D eigenvalue weighted by atomic mass is 35.5. The van der Waals surface area contributed by atoms with Crippen molar-refractivity contribution in [1.82, 2.24) is 0 Å². The molecular formula is C18H10Cl2FNO3S2. The number of halogens is 3. The van der Waals surface area contributed by atoms with Crippen molar-refractivity contribution in [3.05, 3.63) is 68.8 Å². The molecule has 4 rings (SSSR count). The number of rotatable bonds is 2. The molecule has 3 aromatic rings. The number of fused-ring (bicyclic) bond motifs is 3. The molecule has 0 saturated heterocycles. The van der Waals surface area contributed by atoms with Crippen molar-refractivity contribution in [2.75, 3.05) is 5.32 Å². The topological polar surface area (TPSA) is 63.2 Å². The number of anilines is 1. The molecule has 1 N–H and O–H groups in total. The molecule has 0 aliphatic carbocycles. The average Bonchev–Trinajstić information content (AvgIpc) is 3.01. The highest BCUT2D eigenvalue weighted by Crippen LogP contribution is 2.43. The van der Waals surface area contributed by atoms with E-state index >= 15 is 0 Å². The lowest BCUT2D eigenvalue weighted by atomic mass is 10.1. The van der Waals surface area contributed by atoms with E-state index in [-0.39, 0.29) is 15.7 Å². The first kappa shape index (κ1) is 18.4. The summed E-state index contributed by atoms with van der Waals surface area (Å²) in [5.41, 5.74) is 1.45. The van der Waals surface area contributed by atoms with Crippen molar-refractivity contribution in [3.63, 3.8) is 0 Å². The van der Waals surface area contributed by atoms with Crippen molar-refractivity contribution in [3.8, 4) is 10.4 Å². The van der Waals surface area contributed by atoms with E-state index in [1.165, 1.54) is 29.5 Å². The molecule has 2 aromatic carbocycles. The third-order valence-corrected chi connectivity index (χ3v) is 7.51. The molecule has 2 heterocycles. The van der Waals surface area contributed by atoms with E-state index < -0.39 is 21.6 Å². The van der Waals surface area contributed by atoms with Gasteiger partial charge in [0.05, 0.1) is 20.5 Å². The molecule has 0 fully saturated rings. The van der Waals surface area contributed by atoms with Gasteiger partial charge in [0.25, 0.3) is 5.91 Å². The molecule has 0 bridgehead atoms. The first-order valence-electron chi connectivity index (χ1n) is 7.66. The quantitative estimate of drug-likeness (QED) is 0.578. The summed E-state index contributed by atoms with van der Waals surface area (Å²) in [5, 5.41) is 2.87. The number of hydrogen-bond acceptors (Lipinski definition) is 4. The molecule has 0 spiro atoms. The molecule has 1 aliphatic heterocycles. The Hall–Kier alpha value is -1.93. The number of carbonyl (C=O) groups is 1. The molecule has 4 nitrogen and oxygen atoms in total. The van der Waals surface area contributed by atoms with Crippen LogP contribution < -0.4 is 5.32 Å². The van der Waals surface area contributed by atoms with Crippen LogP contribution in [0.25, 0.3) is 10.4 Å². The predicted octanol–water partition coefficient (Wildman–Crippen LogP) is 5.40. The minimum Gasteiger partial charge on any atom is -0.321 e. The van der Waals surface area contributed by atoms with Crippen LogP contribution in [0.5, 0.6) is 0 Å². The molecule has 138 valence electrons. The zero-order valence-corrected chi connectivity index (χ0v) is 16.6. The van der Waals surface area contributed by atoms with Crippen LogP contribution >= 0.6 is 34.5 Å². The van der Waals surface area contributed by atoms with Gasteiger partial charge in [-0.2, -0.15) is 0 Å². The third-order valence-electron chi connectivity index (χ3n) is 4.08. The Kier molecular flexibility index (Phi) is 4.50. The third kappa shape index (κ3) is 3.36. The van der Waals surface area contributed by atoms with Crippen LogP contribution in [0.1, 0.15) is 15.2 Å². The molecule has 0 unspecified atom stereocenters. The fourth-order valence-electron chi connectivity index (χ4n) is 2.87. The number of nitrogens with one attached hydrogen (secondary N) is 1. The number of benzene rings is 2. The maximum Gasteiger partial charge on any atom is 0.265 e. The molecule has 27 heavy (non-hydrogen) atoms. The van der Waals surface area contributed by atoms with Gasteiger partial charge >= 0.3 is 0 Å². The van der Waals surface area contributed by atoms with Gasteiger partial charge in [0.1, 0.15) is 5.82 Å². The van der Waals surface area contributed by atoms with E-state index in [0.717, 1.165) is 10.9 Å². The summed E-state index contributed by atoms with van der Waals surface area (Å²) in [6, 6.07) is 10.1. The second-order valence-electron chi connectivity index (χ2n) is 5.95. The summed E-state index contributed by atoms with van der Waals surface area (Å²) < 4.78 is 38.3. The highest BCUT2D eigenvalue weighted by Gasteiger charge is 2.31. The Morgan fingerprint density at radius 2 is 1.89 bits per heavy atom. The van der Waals surface area contributed by atoms with Gasteiger partial charge in [-0.1, -0.05) is 29.3 Å². The molecule has 1 amide bonds. The normalized spacial score (nSPS) is 14.3. The van der Waals surface area contributed by atoms with Gasteiger partial charge in [-0.3, -0.25) is 4.79 Å². The molecule has 0 atom stereocenters. The van der Waals surface area contributed by atoms with Crippen LogP contribution in [-0.4, -0.2) is 14.3 Å². The standard InChI is InChI=1S/C18H10Cl2FNO3S2/c19-10-1-3-12-16(6-10)27(24,25)8-9-5-15(26-17(9)12)18(23)22-11-2-4-14(21)13(20)7-11/h1-7H,8H2,(H,22,23). The summed E-state index contributed by atoms with van der Waals surface area (Å²) >= 11 is 12.9. The second-order valence-corrected chi connectivity index (χ2v) is 9.80. The van der Waals surface area contributed by atoms with Gasteiger partial charge < -0.3 is 5.32 Å². The molecular weight excluding hydrogens is 432 g/mol. The van der Waals surface area contributed by atoms with E-state index in [2.05, 4.69) is 5.32 Å². The summed E-state index contributed by atoms with van der Waals surface area (Å²) in [4.78, 5) is 13.8. The zero-order chi connectivity index (χ0) is 19.3. The highest BCUT2D eigenvalue weighted by molar-refractivity contribution is 7.91. The van der Waals surface area contributed by atoms with E-state index in [4.69, 9.17) is 23.2 Å². The fraction of sp³-hybridized carbons (Fsp3) is 0.0556. The molecule has 1 aliphatic rings. The summed E-state index contributed by atoms with van der Waals surface area (Å²) in [7, 11) is -3.53. The predicted molar refractivity (Wildman–Crippen MR) is 105 cm³/mol. The van der Waals surface area contributed by atoms with Crippen LogP contribution in [0.3, 0.4) is 0 Å². The average molecular weight is 442 g/mol. The van der Waals surface area contributed by atoms with E-state index in [9.17, 15) is 17.6 Å². The summed E-state index contributed by atoms with van der Waals surface area (Å²) in [6.45, 7) is 0. The van der Waals surface area contributed by atoms with Crippen LogP contribution in [-0.2, 0) is 15.6 Å². The summed E-state index contributed by atoms with van der Waals surface area (Å²) in [5.74, 6) is -1.20. The first-order chi connectivity index (χ1) is 12.7. The largest absolute Gasteiger partial charge is 0.321 e. The van der Waals surface area contributed by atoms with E-state index in [1.54, 1.807) is 18.2 Å². The van der Waals surface area contributed by atoms with Gasteiger partial charge in [-0.15, -0.1) is 11.3 Å². The number of carbonyl (C=O) groups excluding carboxylic acids is 1. The number of sulfone groups is 1. The first-order valence-corrected chi connectivity index (χ1v) is 10.9. The van der Waals surface area contributed by atoms with Crippen molar-refractivity contribution >= 4 is 56.0 Å². The van der Waals surface area contributed by atoms with Crippen LogP contribution in [0.4, 0.5) is 10.1 Å². The maximum absolute atomic E-state index is 13.2. The van der Waals surface area contributed by atoms with Crippen LogP contribution in [0.15, 0.2) is 47.4 Å². The number of hydrogen-bond donors (Lipinski definition) is 1. The molecule has 9 heteroatoms. The van der Waals surface area contributed by atoms with Gasteiger partial charge in [-0.05, 0) is 42.0 Å². The Balaban J connectivity index is 1.71. The Morgan fingerprint density at radius 3 is 2.63 bits per heavy atom. The Labute approximate surface area is 168 Å². The van der Waals surface area contributed by atoms with Gasteiger partial charge in [-0.25, -0.2) is 12.8 Å². The number of amides is 1. The SMILES string of the molecule is O=C(Nc1ccc(F)c(Cl)c1)c1cc2c(s1)-c1ccc(Cl)cc1S(=O)(=O)C2. The number of thiophene rings is 1. The van der Waals surface area contributed by atoms with Gasteiger partial charge in [0.15, 0.2) is 9.84 Å². The Morgan fingerprint density at radius 1 is 1.11 bits per heavy atom. The van der Waals surface area contributed by atoms with Crippen molar-refractivity contribution in [2.45, 2.75) is 10.6 Å². The van der Waals surface area contributed by atoms with E-state index in [1.807, 2.05) is 0 Å². The Bertz CT molecular complexity index is 1210. The van der Waals surface area contributed by atoms with Crippen LogP contribution in [0, 0.1) is 5.82 Å². The molecule has 0 saturated carbocycles. The molecule has 1 aromatic heterocycles. The van der Waals surface area contributed by atoms with Crippen molar-refractivity contribution in [2.24, 2.45) is 0 Å². The van der Waals surface area contributed by atoms with Crippen molar-refractivity contribution < 1.29 is 17.6 Å². The minimum absolute atomic E-state index is 0.102. The van der Waals surface area contributed by atoms with Crippen LogP contribution in [0.2, 0.25) is 10.0 Å². The fourth-order valence-corrected chi connectivity index (χ4v) is 6.16. The lowest BCUT2D eigenvalue weighted by molar-refractivity contribution is 0.103. The lowest BCUT2D eigenvalue weighted by Crippen LogP contribution is -2.11. The second kappa shape index (κ2) is 6.60. The zero-order valence-electron chi connectivity index (χ0n) is 13.4. The monoisotopic (exact) mass is 441 g/mol. The van der Waals surface area contributed by atoms with Gasteiger partial charge in [0.2, 0.25) is 0 Å².